The predicted molar refractivity (Wildman–Crippen MR) is 66.8 cm³/mol. The molecule has 100 valence electrons. The van der Waals surface area contributed by atoms with E-state index >= 15 is 0 Å². The number of hydrogen-bond acceptors (Lipinski definition) is 3. The van der Waals surface area contributed by atoms with Gasteiger partial charge in [-0.3, -0.25) is 0 Å². The standard InChI is InChI=1S/C13H10F3NOS/c14-10-6-11(12(17-7-10)18-13(15)16)19-8-9-4-2-1-3-5-9/h1-7,13H,8H2. The lowest BCUT2D eigenvalue weighted by Crippen LogP contribution is -2.05. The van der Waals surface area contributed by atoms with Gasteiger partial charge in [0.15, 0.2) is 0 Å². The number of nitrogens with zero attached hydrogens (tertiary/aromatic N) is 1. The van der Waals surface area contributed by atoms with Crippen LogP contribution in [0.3, 0.4) is 0 Å². The van der Waals surface area contributed by atoms with Gasteiger partial charge in [-0.25, -0.2) is 9.37 Å². The third kappa shape index (κ3) is 4.17. The molecule has 1 aromatic heterocycles. The monoisotopic (exact) mass is 285 g/mol. The molecule has 0 saturated heterocycles. The first-order valence-electron chi connectivity index (χ1n) is 5.42. The first-order valence-corrected chi connectivity index (χ1v) is 6.41. The van der Waals surface area contributed by atoms with E-state index in [1.54, 1.807) is 0 Å². The fraction of sp³-hybridized carbons (Fsp3) is 0.154. The van der Waals surface area contributed by atoms with Crippen molar-refractivity contribution in [2.75, 3.05) is 0 Å². The van der Waals surface area contributed by atoms with Gasteiger partial charge in [0.05, 0.1) is 11.1 Å². The highest BCUT2D eigenvalue weighted by molar-refractivity contribution is 7.98. The molecule has 0 saturated carbocycles. The molecule has 19 heavy (non-hydrogen) atoms. The van der Waals surface area contributed by atoms with Crippen molar-refractivity contribution in [1.82, 2.24) is 4.98 Å². The number of halogens is 3. The maximum Gasteiger partial charge on any atom is 0.388 e. The van der Waals surface area contributed by atoms with Crippen LogP contribution in [-0.2, 0) is 5.75 Å². The number of thioether (sulfide) groups is 1. The Balaban J connectivity index is 2.12. The minimum atomic E-state index is -2.98. The zero-order chi connectivity index (χ0) is 13.7. The van der Waals surface area contributed by atoms with Crippen LogP contribution in [0.25, 0.3) is 0 Å². The highest BCUT2D eigenvalue weighted by Gasteiger charge is 2.13. The Bertz CT molecular complexity index is 537. The zero-order valence-electron chi connectivity index (χ0n) is 9.72. The highest BCUT2D eigenvalue weighted by Crippen LogP contribution is 2.31. The number of alkyl halides is 2. The normalized spacial score (nSPS) is 10.7. The molecule has 0 atom stereocenters. The Labute approximate surface area is 112 Å². The van der Waals surface area contributed by atoms with Gasteiger partial charge in [0.2, 0.25) is 5.88 Å². The van der Waals surface area contributed by atoms with Crippen LogP contribution in [-0.4, -0.2) is 11.6 Å². The van der Waals surface area contributed by atoms with E-state index in [1.165, 1.54) is 11.8 Å². The second-order valence-electron chi connectivity index (χ2n) is 3.61. The van der Waals surface area contributed by atoms with Gasteiger partial charge in [-0.2, -0.15) is 8.78 Å². The number of rotatable bonds is 5. The number of pyridine rings is 1. The van der Waals surface area contributed by atoms with Crippen molar-refractivity contribution < 1.29 is 17.9 Å². The molecule has 0 aliphatic carbocycles. The third-order valence-electron chi connectivity index (χ3n) is 2.22. The first kappa shape index (κ1) is 13.7. The van der Waals surface area contributed by atoms with Gasteiger partial charge in [0.1, 0.15) is 5.82 Å². The maximum atomic E-state index is 13.1. The summed E-state index contributed by atoms with van der Waals surface area (Å²) in [5, 5.41) is 0. The van der Waals surface area contributed by atoms with Crippen molar-refractivity contribution in [3.8, 4) is 5.88 Å². The molecule has 0 unspecified atom stereocenters. The van der Waals surface area contributed by atoms with Gasteiger partial charge in [-0.05, 0) is 11.6 Å². The molecular weight excluding hydrogens is 275 g/mol. The zero-order valence-corrected chi connectivity index (χ0v) is 10.5. The Hall–Kier alpha value is -1.69. The lowest BCUT2D eigenvalue weighted by molar-refractivity contribution is -0.0549. The largest absolute Gasteiger partial charge is 0.416 e. The SMILES string of the molecule is Fc1cnc(OC(F)F)c(SCc2ccccc2)c1. The molecule has 0 amide bonds. The van der Waals surface area contributed by atoms with E-state index in [9.17, 15) is 13.2 Å². The lowest BCUT2D eigenvalue weighted by atomic mass is 10.2. The fourth-order valence-corrected chi connectivity index (χ4v) is 2.35. The van der Waals surface area contributed by atoms with Gasteiger partial charge in [0, 0.05) is 5.75 Å². The predicted octanol–water partition coefficient (Wildman–Crippen LogP) is 4.11. The van der Waals surface area contributed by atoms with Crippen molar-refractivity contribution in [2.45, 2.75) is 17.3 Å². The van der Waals surface area contributed by atoms with E-state index in [-0.39, 0.29) is 10.8 Å². The van der Waals surface area contributed by atoms with Crippen LogP contribution in [0.5, 0.6) is 5.88 Å². The highest BCUT2D eigenvalue weighted by atomic mass is 32.2. The lowest BCUT2D eigenvalue weighted by Gasteiger charge is -2.09. The van der Waals surface area contributed by atoms with Crippen molar-refractivity contribution in [3.63, 3.8) is 0 Å². The number of hydrogen-bond donors (Lipinski definition) is 0. The van der Waals surface area contributed by atoms with Crippen molar-refractivity contribution in [1.29, 1.82) is 0 Å². The molecule has 6 heteroatoms. The first-order chi connectivity index (χ1) is 9.15. The summed E-state index contributed by atoms with van der Waals surface area (Å²) in [7, 11) is 0. The van der Waals surface area contributed by atoms with Crippen LogP contribution in [0.4, 0.5) is 13.2 Å². The quantitative estimate of drug-likeness (QED) is 0.772. The average molecular weight is 285 g/mol. The summed E-state index contributed by atoms with van der Waals surface area (Å²) in [6.07, 6.45) is 0.851. The van der Waals surface area contributed by atoms with Crippen LogP contribution in [0.15, 0.2) is 47.5 Å². The van der Waals surface area contributed by atoms with Crippen molar-refractivity contribution in [2.24, 2.45) is 0 Å². The Morgan fingerprint density at radius 3 is 2.63 bits per heavy atom. The van der Waals surface area contributed by atoms with Gasteiger partial charge in [-0.1, -0.05) is 30.3 Å². The molecule has 0 N–H and O–H groups in total. The number of ether oxygens (including phenoxy) is 1. The number of benzene rings is 1. The molecule has 0 radical (unpaired) electrons. The molecule has 0 bridgehead atoms. The molecule has 1 aromatic carbocycles. The van der Waals surface area contributed by atoms with E-state index in [1.807, 2.05) is 30.3 Å². The Morgan fingerprint density at radius 2 is 1.95 bits per heavy atom. The minimum absolute atomic E-state index is 0.252. The summed E-state index contributed by atoms with van der Waals surface area (Å²) in [6.45, 7) is -2.98. The van der Waals surface area contributed by atoms with E-state index < -0.39 is 12.4 Å². The summed E-state index contributed by atoms with van der Waals surface area (Å²) < 4.78 is 41.7. The Kier molecular flexibility index (Phi) is 4.68. The maximum absolute atomic E-state index is 13.1. The third-order valence-corrected chi connectivity index (χ3v) is 3.30. The summed E-state index contributed by atoms with van der Waals surface area (Å²) in [5.41, 5.74) is 1.000. The summed E-state index contributed by atoms with van der Waals surface area (Å²) in [5.74, 6) is -0.319. The molecule has 0 spiro atoms. The van der Waals surface area contributed by atoms with Gasteiger partial charge < -0.3 is 4.74 Å². The topological polar surface area (TPSA) is 22.1 Å². The average Bonchev–Trinajstić information content (AvgIpc) is 2.40. The van der Waals surface area contributed by atoms with Crippen molar-refractivity contribution >= 4 is 11.8 Å². The Morgan fingerprint density at radius 1 is 1.21 bits per heavy atom. The smallest absolute Gasteiger partial charge is 0.388 e. The molecular formula is C13H10F3NOS. The van der Waals surface area contributed by atoms with Crippen LogP contribution in [0, 0.1) is 5.82 Å². The molecule has 0 aliphatic rings. The molecule has 0 aliphatic heterocycles. The van der Waals surface area contributed by atoms with Crippen LogP contribution < -0.4 is 4.74 Å². The van der Waals surface area contributed by atoms with E-state index in [0.717, 1.165) is 17.8 Å². The second-order valence-corrected chi connectivity index (χ2v) is 4.63. The summed E-state index contributed by atoms with van der Waals surface area (Å²) >= 11 is 1.20. The minimum Gasteiger partial charge on any atom is -0.416 e. The summed E-state index contributed by atoms with van der Waals surface area (Å²) in [6, 6.07) is 10.6. The van der Waals surface area contributed by atoms with Crippen molar-refractivity contribution in [3.05, 3.63) is 54.0 Å². The van der Waals surface area contributed by atoms with Gasteiger partial charge in [-0.15, -0.1) is 11.8 Å². The van der Waals surface area contributed by atoms with Gasteiger partial charge in [0.25, 0.3) is 0 Å². The van der Waals surface area contributed by atoms with Crippen LogP contribution in [0.2, 0.25) is 0 Å². The van der Waals surface area contributed by atoms with Crippen LogP contribution in [0.1, 0.15) is 5.56 Å². The van der Waals surface area contributed by atoms with E-state index in [2.05, 4.69) is 9.72 Å². The van der Waals surface area contributed by atoms with E-state index in [0.29, 0.717) is 5.75 Å². The van der Waals surface area contributed by atoms with Gasteiger partial charge >= 0.3 is 6.61 Å². The molecule has 0 fully saturated rings. The molecule has 2 nitrogen and oxygen atoms in total. The molecule has 2 aromatic rings. The molecule has 2 rings (SSSR count). The molecule has 1 heterocycles. The summed E-state index contributed by atoms with van der Waals surface area (Å²) in [4.78, 5) is 3.79. The fourth-order valence-electron chi connectivity index (χ4n) is 1.42. The van der Waals surface area contributed by atoms with E-state index in [4.69, 9.17) is 0 Å². The number of aromatic nitrogens is 1. The van der Waals surface area contributed by atoms with Crippen LogP contribution >= 0.6 is 11.8 Å². The second kappa shape index (κ2) is 6.47.